The van der Waals surface area contributed by atoms with Crippen LogP contribution in [-0.2, 0) is 9.47 Å². The van der Waals surface area contributed by atoms with Crippen LogP contribution in [0.1, 0.15) is 76.8 Å². The van der Waals surface area contributed by atoms with Crippen molar-refractivity contribution < 1.29 is 18.8 Å². The van der Waals surface area contributed by atoms with E-state index in [9.17, 15) is 10.1 Å². The van der Waals surface area contributed by atoms with E-state index in [4.69, 9.17) is 13.9 Å². The van der Waals surface area contributed by atoms with Crippen LogP contribution in [0.15, 0.2) is 16.5 Å². The Labute approximate surface area is 137 Å². The average Bonchev–Trinajstić information content (AvgIpc) is 3.18. The summed E-state index contributed by atoms with van der Waals surface area (Å²) >= 11 is 0. The number of ether oxygens (including phenoxy) is 2. The molecule has 23 heavy (non-hydrogen) atoms. The van der Waals surface area contributed by atoms with Crippen molar-refractivity contribution in [1.29, 1.82) is 0 Å². The monoisotopic (exact) mass is 325 g/mol. The van der Waals surface area contributed by atoms with Crippen molar-refractivity contribution >= 4 is 5.88 Å². The van der Waals surface area contributed by atoms with Gasteiger partial charge in [0, 0.05) is 0 Å². The molecule has 0 radical (unpaired) electrons. The van der Waals surface area contributed by atoms with Gasteiger partial charge in [0.15, 0.2) is 5.76 Å². The van der Waals surface area contributed by atoms with Gasteiger partial charge in [-0.2, -0.15) is 0 Å². The van der Waals surface area contributed by atoms with Gasteiger partial charge >= 0.3 is 5.88 Å². The van der Waals surface area contributed by atoms with E-state index < -0.39 is 11.2 Å². The molecule has 0 spiro atoms. The first-order chi connectivity index (χ1) is 11.2. The van der Waals surface area contributed by atoms with Crippen LogP contribution >= 0.6 is 0 Å². The highest BCUT2D eigenvalue weighted by molar-refractivity contribution is 5.18. The van der Waals surface area contributed by atoms with Crippen LogP contribution in [0.25, 0.3) is 0 Å². The minimum Gasteiger partial charge on any atom is -0.400 e. The van der Waals surface area contributed by atoms with Gasteiger partial charge in [-0.1, -0.05) is 58.3 Å². The second kappa shape index (κ2) is 9.67. The molecule has 0 amide bonds. The van der Waals surface area contributed by atoms with E-state index in [2.05, 4.69) is 6.92 Å². The Morgan fingerprint density at radius 2 is 1.83 bits per heavy atom. The smallest absolute Gasteiger partial charge is 0.400 e. The Hall–Kier alpha value is -1.40. The van der Waals surface area contributed by atoms with E-state index in [0.29, 0.717) is 12.4 Å². The zero-order valence-electron chi connectivity index (χ0n) is 13.9. The Morgan fingerprint density at radius 1 is 1.13 bits per heavy atom. The molecule has 2 unspecified atom stereocenters. The van der Waals surface area contributed by atoms with Gasteiger partial charge in [-0.25, -0.2) is 0 Å². The second-order valence-electron chi connectivity index (χ2n) is 6.12. The molecule has 1 aliphatic rings. The summed E-state index contributed by atoms with van der Waals surface area (Å²) < 4.78 is 16.4. The molecular weight excluding hydrogens is 298 g/mol. The maximum absolute atomic E-state index is 10.6. The second-order valence-corrected chi connectivity index (χ2v) is 6.12. The lowest BCUT2D eigenvalue weighted by Crippen LogP contribution is -2.09. The maximum Gasteiger partial charge on any atom is 0.433 e. The zero-order chi connectivity index (χ0) is 16.5. The van der Waals surface area contributed by atoms with Crippen LogP contribution in [0.4, 0.5) is 5.88 Å². The van der Waals surface area contributed by atoms with Crippen LogP contribution in [-0.4, -0.2) is 17.6 Å². The summed E-state index contributed by atoms with van der Waals surface area (Å²) in [6.45, 7) is 2.76. The fraction of sp³-hybridized carbons (Fsp3) is 0.765. The van der Waals surface area contributed by atoms with Crippen molar-refractivity contribution in [2.24, 2.45) is 0 Å². The summed E-state index contributed by atoms with van der Waals surface area (Å²) in [6.07, 6.45) is 10.7. The highest BCUT2D eigenvalue weighted by Crippen LogP contribution is 2.31. The topological polar surface area (TPSA) is 74.7 Å². The molecule has 0 saturated carbocycles. The summed E-state index contributed by atoms with van der Waals surface area (Å²) in [5, 5.41) is 10.6. The Kier molecular flexibility index (Phi) is 7.55. The summed E-state index contributed by atoms with van der Waals surface area (Å²) in [5.74, 6) is 0.0915. The first kappa shape index (κ1) is 17.9. The van der Waals surface area contributed by atoms with Gasteiger partial charge in [-0.15, -0.1) is 0 Å². The van der Waals surface area contributed by atoms with E-state index >= 15 is 0 Å². The van der Waals surface area contributed by atoms with Crippen LogP contribution in [0.5, 0.6) is 0 Å². The Morgan fingerprint density at radius 3 is 2.48 bits per heavy atom. The molecule has 130 valence electrons. The largest absolute Gasteiger partial charge is 0.433 e. The number of hydrogen-bond donors (Lipinski definition) is 0. The van der Waals surface area contributed by atoms with Gasteiger partial charge in [0.2, 0.25) is 6.29 Å². The van der Waals surface area contributed by atoms with E-state index in [-0.39, 0.29) is 12.0 Å². The number of rotatable bonds is 11. The Balaban J connectivity index is 1.57. The number of hydrogen-bond acceptors (Lipinski definition) is 5. The van der Waals surface area contributed by atoms with E-state index in [1.807, 2.05) is 0 Å². The molecule has 1 aromatic rings. The van der Waals surface area contributed by atoms with Crippen molar-refractivity contribution in [3.63, 3.8) is 0 Å². The summed E-state index contributed by atoms with van der Waals surface area (Å²) in [6, 6.07) is 2.87. The zero-order valence-corrected chi connectivity index (χ0v) is 13.9. The maximum atomic E-state index is 10.6. The molecule has 1 aliphatic heterocycles. The standard InChI is InChI=1S/C17H27NO5/c1-2-3-4-5-6-7-8-9-10-14-13-21-17(22-14)15-11-12-16(23-15)18(19)20/h11-12,14,17H,2-10,13H2,1H3. The number of nitro groups is 1. The van der Waals surface area contributed by atoms with Crippen molar-refractivity contribution in [1.82, 2.24) is 0 Å². The van der Waals surface area contributed by atoms with Crippen molar-refractivity contribution in [2.45, 2.75) is 77.1 Å². The van der Waals surface area contributed by atoms with Crippen LogP contribution in [0.3, 0.4) is 0 Å². The average molecular weight is 325 g/mol. The first-order valence-corrected chi connectivity index (χ1v) is 8.72. The lowest BCUT2D eigenvalue weighted by Gasteiger charge is -2.09. The minimum atomic E-state index is -0.609. The summed E-state index contributed by atoms with van der Waals surface area (Å²) in [7, 11) is 0. The van der Waals surface area contributed by atoms with E-state index in [1.54, 1.807) is 6.07 Å². The number of nitrogens with zero attached hydrogens (tertiary/aromatic N) is 1. The molecule has 2 rings (SSSR count). The number of furan rings is 1. The highest BCUT2D eigenvalue weighted by Gasteiger charge is 2.30. The molecule has 0 bridgehead atoms. The highest BCUT2D eigenvalue weighted by atomic mass is 16.7. The molecular formula is C17H27NO5. The van der Waals surface area contributed by atoms with Crippen LogP contribution in [0.2, 0.25) is 0 Å². The molecule has 2 atom stereocenters. The van der Waals surface area contributed by atoms with Gasteiger partial charge in [-0.05, 0) is 12.5 Å². The van der Waals surface area contributed by atoms with Gasteiger partial charge in [0.1, 0.15) is 4.92 Å². The first-order valence-electron chi connectivity index (χ1n) is 8.72. The summed E-state index contributed by atoms with van der Waals surface area (Å²) in [5.41, 5.74) is 0. The van der Waals surface area contributed by atoms with Crippen molar-refractivity contribution in [3.8, 4) is 0 Å². The SMILES string of the molecule is CCCCCCCCCCC1COC(c2ccc([N+](=O)[O-])o2)O1. The Bertz CT molecular complexity index is 473. The number of unbranched alkanes of at least 4 members (excludes halogenated alkanes) is 7. The van der Waals surface area contributed by atoms with Crippen molar-refractivity contribution in [3.05, 3.63) is 28.0 Å². The van der Waals surface area contributed by atoms with Crippen LogP contribution in [0, 0.1) is 10.1 Å². The third-order valence-corrected chi connectivity index (χ3v) is 4.15. The lowest BCUT2D eigenvalue weighted by molar-refractivity contribution is -0.402. The molecule has 2 heterocycles. The van der Waals surface area contributed by atoms with Gasteiger partial charge < -0.3 is 13.9 Å². The molecule has 1 fully saturated rings. The molecule has 0 aromatic carbocycles. The third-order valence-electron chi connectivity index (χ3n) is 4.15. The molecule has 0 N–H and O–H groups in total. The van der Waals surface area contributed by atoms with E-state index in [0.717, 1.165) is 12.8 Å². The normalized spacial score (nSPS) is 20.9. The molecule has 1 saturated heterocycles. The van der Waals surface area contributed by atoms with Gasteiger partial charge in [-0.3, -0.25) is 10.1 Å². The third kappa shape index (κ3) is 5.95. The molecule has 6 heteroatoms. The van der Waals surface area contributed by atoms with Gasteiger partial charge in [0.05, 0.1) is 18.8 Å². The van der Waals surface area contributed by atoms with E-state index in [1.165, 1.54) is 51.0 Å². The minimum absolute atomic E-state index is 0.0595. The molecule has 6 nitrogen and oxygen atoms in total. The molecule has 0 aliphatic carbocycles. The predicted molar refractivity (Wildman–Crippen MR) is 86.2 cm³/mol. The predicted octanol–water partition coefficient (Wildman–Crippen LogP) is 5.13. The van der Waals surface area contributed by atoms with Crippen LogP contribution < -0.4 is 0 Å². The van der Waals surface area contributed by atoms with Crippen molar-refractivity contribution in [2.75, 3.05) is 6.61 Å². The quantitative estimate of drug-likeness (QED) is 0.320. The lowest BCUT2D eigenvalue weighted by atomic mass is 10.1. The molecule has 1 aromatic heterocycles. The fourth-order valence-corrected chi connectivity index (χ4v) is 2.82. The fourth-order valence-electron chi connectivity index (χ4n) is 2.82. The summed E-state index contributed by atoms with van der Waals surface area (Å²) in [4.78, 5) is 10.1. The van der Waals surface area contributed by atoms with Gasteiger partial charge in [0.25, 0.3) is 0 Å².